The minimum atomic E-state index is -0.118. The van der Waals surface area contributed by atoms with E-state index in [4.69, 9.17) is 4.74 Å². The average Bonchev–Trinajstić information content (AvgIpc) is 2.68. The van der Waals surface area contributed by atoms with Crippen LogP contribution in [-0.2, 0) is 4.74 Å². The van der Waals surface area contributed by atoms with Crippen molar-refractivity contribution in [2.45, 2.75) is 0 Å². The van der Waals surface area contributed by atoms with Gasteiger partial charge in [-0.05, 0) is 35.9 Å². The van der Waals surface area contributed by atoms with Crippen molar-refractivity contribution < 1.29 is 4.74 Å². The lowest BCUT2D eigenvalue weighted by Crippen LogP contribution is -2.36. The van der Waals surface area contributed by atoms with E-state index in [0.29, 0.717) is 16.7 Å². The van der Waals surface area contributed by atoms with E-state index >= 15 is 0 Å². The summed E-state index contributed by atoms with van der Waals surface area (Å²) in [6, 6.07) is 15.7. The van der Waals surface area contributed by atoms with Crippen molar-refractivity contribution in [3.8, 4) is 0 Å². The smallest absolute Gasteiger partial charge is 0.259 e. The van der Waals surface area contributed by atoms with Gasteiger partial charge in [0, 0.05) is 18.8 Å². The molecule has 3 aromatic rings. The van der Waals surface area contributed by atoms with Gasteiger partial charge in [-0.25, -0.2) is 4.98 Å². The first-order chi connectivity index (χ1) is 12.3. The van der Waals surface area contributed by atoms with Gasteiger partial charge < -0.3 is 14.6 Å². The molecule has 1 aliphatic heterocycles. The van der Waals surface area contributed by atoms with Gasteiger partial charge in [0.05, 0.1) is 24.1 Å². The lowest BCUT2D eigenvalue weighted by molar-refractivity contribution is 0.122. The molecule has 1 aromatic heterocycles. The number of aromatic amines is 1. The average molecular weight is 333 g/mol. The molecule has 0 unspecified atom stereocenters. The Hall–Kier alpha value is -2.92. The Kier molecular flexibility index (Phi) is 4.31. The molecule has 1 N–H and O–H groups in total. The van der Waals surface area contributed by atoms with Crippen LogP contribution in [0.25, 0.3) is 23.1 Å². The molecule has 5 nitrogen and oxygen atoms in total. The Morgan fingerprint density at radius 2 is 1.76 bits per heavy atom. The number of benzene rings is 2. The van der Waals surface area contributed by atoms with Crippen LogP contribution >= 0.6 is 0 Å². The third-order valence-corrected chi connectivity index (χ3v) is 4.33. The van der Waals surface area contributed by atoms with E-state index < -0.39 is 0 Å². The summed E-state index contributed by atoms with van der Waals surface area (Å²) in [5.74, 6) is 0.556. The van der Waals surface area contributed by atoms with Gasteiger partial charge in [0.15, 0.2) is 0 Å². The molecular weight excluding hydrogens is 314 g/mol. The Morgan fingerprint density at radius 1 is 1.00 bits per heavy atom. The van der Waals surface area contributed by atoms with Gasteiger partial charge in [-0.1, -0.05) is 30.3 Å². The fraction of sp³-hybridized carbons (Fsp3) is 0.200. The van der Waals surface area contributed by atoms with E-state index in [-0.39, 0.29) is 5.56 Å². The summed E-state index contributed by atoms with van der Waals surface area (Å²) in [6.45, 7) is 3.42. The molecule has 0 bridgehead atoms. The van der Waals surface area contributed by atoms with Crippen LogP contribution in [0.1, 0.15) is 11.4 Å². The Bertz CT molecular complexity index is 955. The molecule has 1 aliphatic rings. The minimum absolute atomic E-state index is 0.118. The van der Waals surface area contributed by atoms with Crippen LogP contribution in [0, 0.1) is 0 Å². The monoisotopic (exact) mass is 333 g/mol. The van der Waals surface area contributed by atoms with Crippen molar-refractivity contribution >= 4 is 28.7 Å². The summed E-state index contributed by atoms with van der Waals surface area (Å²) in [4.78, 5) is 21.7. The molecule has 0 amide bonds. The number of hydrogen-bond acceptors (Lipinski definition) is 4. The van der Waals surface area contributed by atoms with Crippen LogP contribution in [0.4, 0.5) is 5.69 Å². The second-order valence-corrected chi connectivity index (χ2v) is 5.99. The largest absolute Gasteiger partial charge is 0.378 e. The molecule has 1 saturated heterocycles. The number of nitrogens with zero attached hydrogens (tertiary/aromatic N) is 2. The molecule has 5 heteroatoms. The van der Waals surface area contributed by atoms with Crippen molar-refractivity contribution in [1.82, 2.24) is 9.97 Å². The summed E-state index contributed by atoms with van der Waals surface area (Å²) in [5, 5.41) is 0.606. The lowest BCUT2D eigenvalue weighted by atomic mass is 10.1. The van der Waals surface area contributed by atoms with Crippen molar-refractivity contribution in [3.05, 3.63) is 70.3 Å². The van der Waals surface area contributed by atoms with E-state index in [1.807, 2.05) is 30.4 Å². The van der Waals surface area contributed by atoms with Crippen LogP contribution < -0.4 is 10.5 Å². The second-order valence-electron chi connectivity index (χ2n) is 5.99. The molecule has 0 radical (unpaired) electrons. The standard InChI is InChI=1S/C20H19N3O2/c24-20-17-3-1-2-4-18(17)21-19(22-20)10-7-15-5-8-16(9-6-15)23-11-13-25-14-12-23/h1-10H,11-14H2,(H,21,22,24). The topological polar surface area (TPSA) is 58.2 Å². The number of aromatic nitrogens is 2. The van der Waals surface area contributed by atoms with E-state index in [0.717, 1.165) is 31.9 Å². The van der Waals surface area contributed by atoms with Crippen LogP contribution in [0.2, 0.25) is 0 Å². The zero-order chi connectivity index (χ0) is 17.1. The molecule has 2 aromatic carbocycles. The number of fused-ring (bicyclic) bond motifs is 1. The lowest BCUT2D eigenvalue weighted by Gasteiger charge is -2.28. The third kappa shape index (κ3) is 3.46. The van der Waals surface area contributed by atoms with E-state index in [2.05, 4.69) is 39.1 Å². The number of nitrogens with one attached hydrogen (secondary N) is 1. The zero-order valence-electron chi connectivity index (χ0n) is 13.8. The number of hydrogen-bond donors (Lipinski definition) is 1. The van der Waals surface area contributed by atoms with Gasteiger partial charge in [-0.2, -0.15) is 0 Å². The van der Waals surface area contributed by atoms with Crippen LogP contribution in [0.3, 0.4) is 0 Å². The molecule has 126 valence electrons. The van der Waals surface area contributed by atoms with Gasteiger partial charge in [-0.3, -0.25) is 4.79 Å². The third-order valence-electron chi connectivity index (χ3n) is 4.33. The predicted octanol–water partition coefficient (Wildman–Crippen LogP) is 2.93. The number of morpholine rings is 1. The van der Waals surface area contributed by atoms with Crippen molar-refractivity contribution in [2.75, 3.05) is 31.2 Å². The Morgan fingerprint density at radius 3 is 2.56 bits per heavy atom. The Labute approximate surface area is 145 Å². The van der Waals surface area contributed by atoms with Gasteiger partial charge in [-0.15, -0.1) is 0 Å². The molecule has 0 atom stereocenters. The van der Waals surface area contributed by atoms with Crippen molar-refractivity contribution in [2.24, 2.45) is 0 Å². The highest BCUT2D eigenvalue weighted by atomic mass is 16.5. The highest BCUT2D eigenvalue weighted by molar-refractivity contribution is 5.79. The van der Waals surface area contributed by atoms with Gasteiger partial charge in [0.1, 0.15) is 5.82 Å². The number of rotatable bonds is 3. The maximum atomic E-state index is 12.1. The quantitative estimate of drug-likeness (QED) is 0.801. The van der Waals surface area contributed by atoms with Crippen LogP contribution in [0.5, 0.6) is 0 Å². The molecule has 4 rings (SSSR count). The highest BCUT2D eigenvalue weighted by Crippen LogP contribution is 2.17. The number of para-hydroxylation sites is 1. The molecule has 0 aliphatic carbocycles. The highest BCUT2D eigenvalue weighted by Gasteiger charge is 2.10. The summed E-state index contributed by atoms with van der Waals surface area (Å²) in [6.07, 6.45) is 3.79. The molecule has 0 saturated carbocycles. The van der Waals surface area contributed by atoms with Crippen LogP contribution in [-0.4, -0.2) is 36.3 Å². The number of ether oxygens (including phenoxy) is 1. The van der Waals surface area contributed by atoms with Crippen molar-refractivity contribution in [3.63, 3.8) is 0 Å². The van der Waals surface area contributed by atoms with E-state index in [1.54, 1.807) is 6.07 Å². The molecule has 1 fully saturated rings. The first-order valence-corrected chi connectivity index (χ1v) is 8.39. The fourth-order valence-corrected chi connectivity index (χ4v) is 2.98. The van der Waals surface area contributed by atoms with E-state index in [9.17, 15) is 4.79 Å². The van der Waals surface area contributed by atoms with Crippen LogP contribution in [0.15, 0.2) is 53.3 Å². The minimum Gasteiger partial charge on any atom is -0.378 e. The molecular formula is C20H19N3O2. The van der Waals surface area contributed by atoms with E-state index in [1.165, 1.54) is 5.69 Å². The first-order valence-electron chi connectivity index (χ1n) is 8.39. The number of anilines is 1. The predicted molar refractivity (Wildman–Crippen MR) is 101 cm³/mol. The summed E-state index contributed by atoms with van der Waals surface area (Å²) >= 11 is 0. The van der Waals surface area contributed by atoms with Gasteiger partial charge in [0.2, 0.25) is 0 Å². The zero-order valence-corrected chi connectivity index (χ0v) is 13.8. The first kappa shape index (κ1) is 15.6. The fourth-order valence-electron chi connectivity index (χ4n) is 2.98. The maximum absolute atomic E-state index is 12.1. The van der Waals surface area contributed by atoms with Crippen molar-refractivity contribution in [1.29, 1.82) is 0 Å². The SMILES string of the molecule is O=c1[nH]c(C=Cc2ccc(N3CCOCC3)cc2)nc2ccccc12. The molecule has 2 heterocycles. The molecule has 25 heavy (non-hydrogen) atoms. The normalized spacial score (nSPS) is 15.1. The summed E-state index contributed by atoms with van der Waals surface area (Å²) < 4.78 is 5.38. The summed E-state index contributed by atoms with van der Waals surface area (Å²) in [5.41, 5.74) is 2.85. The molecule has 0 spiro atoms. The number of H-pyrrole nitrogens is 1. The maximum Gasteiger partial charge on any atom is 0.259 e. The Balaban J connectivity index is 1.54. The van der Waals surface area contributed by atoms with Gasteiger partial charge >= 0.3 is 0 Å². The summed E-state index contributed by atoms with van der Waals surface area (Å²) in [7, 11) is 0. The van der Waals surface area contributed by atoms with Gasteiger partial charge in [0.25, 0.3) is 5.56 Å². The second kappa shape index (κ2) is 6.91.